The number of anilines is 1. The number of aliphatic hydroxyl groups excluding tert-OH is 1. The van der Waals surface area contributed by atoms with E-state index in [2.05, 4.69) is 15.7 Å². The molecule has 8 heteroatoms. The number of nitrogens with zero attached hydrogens (tertiary/aromatic N) is 2. The van der Waals surface area contributed by atoms with Crippen LogP contribution in [-0.2, 0) is 17.9 Å². The van der Waals surface area contributed by atoms with Crippen molar-refractivity contribution in [2.45, 2.75) is 13.1 Å². The number of rotatable bonds is 7. The number of benzene rings is 1. The number of aliphatic hydroxyl groups is 1. The predicted molar refractivity (Wildman–Crippen MR) is 86.1 cm³/mol. The summed E-state index contributed by atoms with van der Waals surface area (Å²) in [7, 11) is 0. The largest absolute Gasteiger partial charge is 0.395 e. The summed E-state index contributed by atoms with van der Waals surface area (Å²) < 4.78 is 1.51. The van der Waals surface area contributed by atoms with Crippen molar-refractivity contribution in [1.29, 1.82) is 0 Å². The van der Waals surface area contributed by atoms with Crippen LogP contribution in [0, 0.1) is 0 Å². The summed E-state index contributed by atoms with van der Waals surface area (Å²) in [6.45, 7) is 0.779. The van der Waals surface area contributed by atoms with Crippen LogP contribution in [0.1, 0.15) is 5.56 Å². The Morgan fingerprint density at radius 3 is 2.91 bits per heavy atom. The summed E-state index contributed by atoms with van der Waals surface area (Å²) in [4.78, 5) is 11.5. The average Bonchev–Trinajstić information content (AvgIpc) is 2.91. The first-order chi connectivity index (χ1) is 10.6. The Labute approximate surface area is 138 Å². The topological polar surface area (TPSA) is 79.2 Å². The van der Waals surface area contributed by atoms with E-state index in [0.717, 1.165) is 11.3 Å². The number of carbonyl (C=O) groups is 1. The Morgan fingerprint density at radius 2 is 2.18 bits per heavy atom. The molecule has 118 valence electrons. The second kappa shape index (κ2) is 8.03. The molecule has 6 nitrogen and oxygen atoms in total. The molecule has 0 radical (unpaired) electrons. The van der Waals surface area contributed by atoms with E-state index in [9.17, 15) is 4.79 Å². The quantitative estimate of drug-likeness (QED) is 0.718. The minimum atomic E-state index is -0.204. The van der Waals surface area contributed by atoms with Gasteiger partial charge in [-0.2, -0.15) is 5.10 Å². The van der Waals surface area contributed by atoms with E-state index in [-0.39, 0.29) is 25.6 Å². The molecule has 1 amide bonds. The molecule has 1 heterocycles. The Morgan fingerprint density at radius 1 is 1.36 bits per heavy atom. The number of amides is 1. The Balaban J connectivity index is 1.88. The highest BCUT2D eigenvalue weighted by atomic mass is 35.5. The van der Waals surface area contributed by atoms with E-state index >= 15 is 0 Å². The third-order valence-corrected chi connectivity index (χ3v) is 3.46. The van der Waals surface area contributed by atoms with Gasteiger partial charge in [-0.1, -0.05) is 29.3 Å². The molecule has 0 unspecified atom stereocenters. The minimum Gasteiger partial charge on any atom is -0.395 e. The summed E-state index contributed by atoms with van der Waals surface area (Å²) in [6, 6.07) is 5.32. The molecule has 0 saturated carbocycles. The molecule has 22 heavy (non-hydrogen) atoms. The lowest BCUT2D eigenvalue weighted by molar-refractivity contribution is -0.122. The van der Waals surface area contributed by atoms with Gasteiger partial charge in [0.25, 0.3) is 0 Å². The van der Waals surface area contributed by atoms with Gasteiger partial charge in [-0.25, -0.2) is 0 Å². The zero-order chi connectivity index (χ0) is 15.9. The fourth-order valence-corrected chi connectivity index (χ4v) is 2.28. The molecule has 0 bridgehead atoms. The number of carbonyl (C=O) groups excluding carboxylic acids is 1. The molecule has 2 aromatic rings. The number of hydrogen-bond donors (Lipinski definition) is 3. The Bertz CT molecular complexity index is 646. The average molecular weight is 343 g/mol. The number of aromatic nitrogens is 2. The second-order valence-corrected chi connectivity index (χ2v) is 5.43. The van der Waals surface area contributed by atoms with E-state index in [1.54, 1.807) is 24.5 Å². The van der Waals surface area contributed by atoms with Gasteiger partial charge >= 0.3 is 0 Å². The first kappa shape index (κ1) is 16.6. The highest BCUT2D eigenvalue weighted by molar-refractivity contribution is 6.35. The second-order valence-electron chi connectivity index (χ2n) is 4.59. The van der Waals surface area contributed by atoms with Gasteiger partial charge in [0.15, 0.2) is 0 Å². The summed E-state index contributed by atoms with van der Waals surface area (Å²) in [5, 5.41) is 19.6. The van der Waals surface area contributed by atoms with Crippen molar-refractivity contribution in [2.24, 2.45) is 0 Å². The molecule has 0 atom stereocenters. The zero-order valence-corrected chi connectivity index (χ0v) is 13.2. The summed E-state index contributed by atoms with van der Waals surface area (Å²) in [5.41, 5.74) is 1.69. The van der Waals surface area contributed by atoms with Crippen molar-refractivity contribution in [1.82, 2.24) is 15.1 Å². The van der Waals surface area contributed by atoms with E-state index in [1.807, 2.05) is 6.07 Å². The molecule has 0 aliphatic carbocycles. The summed E-state index contributed by atoms with van der Waals surface area (Å²) in [5.74, 6) is -0.204. The molecule has 0 aliphatic heterocycles. The lowest BCUT2D eigenvalue weighted by Gasteiger charge is -2.06. The monoisotopic (exact) mass is 342 g/mol. The number of hydrogen-bond acceptors (Lipinski definition) is 4. The maximum Gasteiger partial charge on any atom is 0.241 e. The molecule has 0 fully saturated rings. The van der Waals surface area contributed by atoms with Crippen molar-refractivity contribution in [3.63, 3.8) is 0 Å². The number of nitrogens with one attached hydrogen (secondary N) is 2. The smallest absolute Gasteiger partial charge is 0.241 e. The maximum atomic E-state index is 11.5. The van der Waals surface area contributed by atoms with Crippen molar-refractivity contribution in [3.8, 4) is 0 Å². The molecular weight excluding hydrogens is 327 g/mol. The van der Waals surface area contributed by atoms with Gasteiger partial charge in [0.2, 0.25) is 5.91 Å². The van der Waals surface area contributed by atoms with Crippen LogP contribution >= 0.6 is 23.2 Å². The van der Waals surface area contributed by atoms with E-state index in [1.165, 1.54) is 4.68 Å². The van der Waals surface area contributed by atoms with Crippen molar-refractivity contribution in [2.75, 3.05) is 18.5 Å². The highest BCUT2D eigenvalue weighted by Crippen LogP contribution is 2.21. The molecule has 0 aliphatic rings. The minimum absolute atomic E-state index is 0.0838. The van der Waals surface area contributed by atoms with Gasteiger partial charge in [-0.05, 0) is 17.7 Å². The zero-order valence-electron chi connectivity index (χ0n) is 11.7. The third kappa shape index (κ3) is 4.91. The molecule has 1 aromatic heterocycles. The summed E-state index contributed by atoms with van der Waals surface area (Å²) >= 11 is 12.0. The Kier molecular flexibility index (Phi) is 6.06. The van der Waals surface area contributed by atoms with Crippen LogP contribution in [0.25, 0.3) is 0 Å². The standard InChI is InChI=1S/C14H16Cl2N4O2/c15-11-2-1-10(13(16)5-11)6-18-12-7-19-20(8-12)9-14(22)17-3-4-21/h1-2,5,7-8,18,21H,3-4,6,9H2,(H,17,22). The van der Waals surface area contributed by atoms with Crippen molar-refractivity contribution < 1.29 is 9.90 Å². The van der Waals surface area contributed by atoms with Crippen LogP contribution in [0.3, 0.4) is 0 Å². The van der Waals surface area contributed by atoms with Crippen molar-refractivity contribution >= 4 is 34.8 Å². The highest BCUT2D eigenvalue weighted by Gasteiger charge is 2.05. The van der Waals surface area contributed by atoms with Gasteiger partial charge in [0, 0.05) is 29.3 Å². The summed E-state index contributed by atoms with van der Waals surface area (Å²) in [6.07, 6.45) is 3.35. The normalized spacial score (nSPS) is 10.5. The third-order valence-electron chi connectivity index (χ3n) is 2.87. The molecule has 3 N–H and O–H groups in total. The van der Waals surface area contributed by atoms with Crippen molar-refractivity contribution in [3.05, 3.63) is 46.2 Å². The molecule has 2 rings (SSSR count). The first-order valence-corrected chi connectivity index (χ1v) is 7.42. The lowest BCUT2D eigenvalue weighted by Crippen LogP contribution is -2.30. The fourth-order valence-electron chi connectivity index (χ4n) is 1.80. The first-order valence-electron chi connectivity index (χ1n) is 6.66. The van der Waals surface area contributed by atoms with Crippen LogP contribution in [0.2, 0.25) is 10.0 Å². The number of halogens is 2. The maximum absolute atomic E-state index is 11.5. The van der Waals surface area contributed by atoms with Crippen LogP contribution in [0.15, 0.2) is 30.6 Å². The van der Waals surface area contributed by atoms with Gasteiger partial charge in [-0.3, -0.25) is 9.48 Å². The lowest BCUT2D eigenvalue weighted by atomic mass is 10.2. The Hall–Kier alpha value is -1.76. The predicted octanol–water partition coefficient (Wildman–Crippen LogP) is 1.91. The SMILES string of the molecule is O=C(Cn1cc(NCc2ccc(Cl)cc2Cl)cn1)NCCO. The van der Waals surface area contributed by atoms with Gasteiger partial charge in [-0.15, -0.1) is 0 Å². The van der Waals surface area contributed by atoms with Crippen LogP contribution in [-0.4, -0.2) is 33.9 Å². The molecular formula is C14H16Cl2N4O2. The van der Waals surface area contributed by atoms with Gasteiger partial charge < -0.3 is 15.7 Å². The van der Waals surface area contributed by atoms with Crippen LogP contribution < -0.4 is 10.6 Å². The molecule has 0 saturated heterocycles. The van der Waals surface area contributed by atoms with Gasteiger partial charge in [0.1, 0.15) is 6.54 Å². The van der Waals surface area contributed by atoms with E-state index in [0.29, 0.717) is 16.6 Å². The van der Waals surface area contributed by atoms with E-state index in [4.69, 9.17) is 28.3 Å². The van der Waals surface area contributed by atoms with Crippen LogP contribution in [0.4, 0.5) is 5.69 Å². The fraction of sp³-hybridized carbons (Fsp3) is 0.286. The molecule has 0 spiro atoms. The van der Waals surface area contributed by atoms with E-state index < -0.39 is 0 Å². The molecule has 1 aromatic carbocycles. The van der Waals surface area contributed by atoms with Crippen LogP contribution in [0.5, 0.6) is 0 Å². The van der Waals surface area contributed by atoms with Gasteiger partial charge in [0.05, 0.1) is 18.5 Å².